The predicted octanol–water partition coefficient (Wildman–Crippen LogP) is 3.94. The number of thiazole rings is 1. The summed E-state index contributed by atoms with van der Waals surface area (Å²) in [6.07, 6.45) is 5.19. The average molecular weight is 302 g/mol. The lowest BCUT2D eigenvalue weighted by Gasteiger charge is -2.18. The number of anilines is 1. The van der Waals surface area contributed by atoms with E-state index < -0.39 is 0 Å². The number of ether oxygens (including phenoxy) is 2. The van der Waals surface area contributed by atoms with Crippen molar-refractivity contribution in [1.29, 1.82) is 0 Å². The average Bonchev–Trinajstić information content (AvgIpc) is 3.19. The zero-order chi connectivity index (χ0) is 14.1. The lowest BCUT2D eigenvalue weighted by atomic mass is 10.1. The first-order valence-electron chi connectivity index (χ1n) is 7.50. The van der Waals surface area contributed by atoms with Crippen molar-refractivity contribution in [3.8, 4) is 22.8 Å². The van der Waals surface area contributed by atoms with Gasteiger partial charge >= 0.3 is 0 Å². The molecule has 1 fully saturated rings. The van der Waals surface area contributed by atoms with Gasteiger partial charge < -0.3 is 14.8 Å². The van der Waals surface area contributed by atoms with E-state index in [1.54, 1.807) is 11.3 Å². The van der Waals surface area contributed by atoms with Crippen molar-refractivity contribution in [3.05, 3.63) is 23.6 Å². The van der Waals surface area contributed by atoms with Crippen LogP contribution in [0.2, 0.25) is 0 Å². The van der Waals surface area contributed by atoms with Crippen LogP contribution in [0.15, 0.2) is 23.6 Å². The zero-order valence-corrected chi connectivity index (χ0v) is 12.6. The van der Waals surface area contributed by atoms with E-state index in [0.717, 1.165) is 27.9 Å². The van der Waals surface area contributed by atoms with Gasteiger partial charge in [-0.1, -0.05) is 12.8 Å². The summed E-state index contributed by atoms with van der Waals surface area (Å²) in [5.74, 6) is 1.64. The molecule has 2 heterocycles. The molecular weight excluding hydrogens is 284 g/mol. The lowest BCUT2D eigenvalue weighted by Crippen LogP contribution is -2.15. The third-order valence-corrected chi connectivity index (χ3v) is 4.80. The van der Waals surface area contributed by atoms with Gasteiger partial charge in [-0.2, -0.15) is 0 Å². The van der Waals surface area contributed by atoms with E-state index in [4.69, 9.17) is 14.5 Å². The van der Waals surface area contributed by atoms with Crippen LogP contribution in [0.25, 0.3) is 11.3 Å². The number of fused-ring (bicyclic) bond motifs is 1. The summed E-state index contributed by atoms with van der Waals surface area (Å²) >= 11 is 1.67. The number of rotatable bonds is 3. The molecule has 21 heavy (non-hydrogen) atoms. The summed E-state index contributed by atoms with van der Waals surface area (Å²) in [6, 6.07) is 6.63. The third kappa shape index (κ3) is 2.70. The fraction of sp³-hybridized carbons (Fsp3) is 0.438. The highest BCUT2D eigenvalue weighted by atomic mass is 32.1. The second-order valence-corrected chi connectivity index (χ2v) is 6.38. The third-order valence-electron chi connectivity index (χ3n) is 4.02. The van der Waals surface area contributed by atoms with Crippen molar-refractivity contribution >= 4 is 16.5 Å². The molecule has 0 unspecified atom stereocenters. The molecule has 1 aromatic heterocycles. The van der Waals surface area contributed by atoms with E-state index in [-0.39, 0.29) is 0 Å². The molecule has 2 aliphatic rings. The SMILES string of the molecule is c1cc2c(cc1-c1csc(NC3CCCC3)n1)OCCO2. The van der Waals surface area contributed by atoms with E-state index in [2.05, 4.69) is 10.7 Å². The summed E-state index contributed by atoms with van der Waals surface area (Å²) in [5, 5.41) is 6.66. The Balaban J connectivity index is 1.54. The van der Waals surface area contributed by atoms with Crippen molar-refractivity contribution in [2.75, 3.05) is 18.5 Å². The highest BCUT2D eigenvalue weighted by molar-refractivity contribution is 7.14. The van der Waals surface area contributed by atoms with E-state index >= 15 is 0 Å². The van der Waals surface area contributed by atoms with E-state index in [1.807, 2.05) is 18.2 Å². The zero-order valence-electron chi connectivity index (χ0n) is 11.8. The molecule has 0 amide bonds. The maximum absolute atomic E-state index is 5.64. The first kappa shape index (κ1) is 13.0. The van der Waals surface area contributed by atoms with E-state index in [9.17, 15) is 0 Å². The van der Waals surface area contributed by atoms with Crippen LogP contribution in [0.5, 0.6) is 11.5 Å². The minimum absolute atomic E-state index is 0.601. The van der Waals surface area contributed by atoms with E-state index in [1.165, 1.54) is 25.7 Å². The van der Waals surface area contributed by atoms with Gasteiger partial charge in [0.15, 0.2) is 16.6 Å². The highest BCUT2D eigenvalue weighted by Crippen LogP contribution is 2.35. The fourth-order valence-electron chi connectivity index (χ4n) is 2.92. The number of nitrogens with zero attached hydrogens (tertiary/aromatic N) is 1. The molecule has 0 bridgehead atoms. The van der Waals surface area contributed by atoms with Gasteiger partial charge in [0, 0.05) is 17.0 Å². The summed E-state index contributed by atoms with van der Waals surface area (Å²) in [7, 11) is 0. The smallest absolute Gasteiger partial charge is 0.183 e. The Morgan fingerprint density at radius 2 is 1.90 bits per heavy atom. The Morgan fingerprint density at radius 3 is 2.76 bits per heavy atom. The second-order valence-electron chi connectivity index (χ2n) is 5.52. The molecule has 0 atom stereocenters. The Kier molecular flexibility index (Phi) is 3.43. The van der Waals surface area contributed by atoms with Crippen LogP contribution in [0.4, 0.5) is 5.13 Å². The Labute approximate surface area is 128 Å². The van der Waals surface area contributed by atoms with Crippen molar-refractivity contribution in [3.63, 3.8) is 0 Å². The first-order chi connectivity index (χ1) is 10.4. The normalized spacial score (nSPS) is 17.9. The van der Waals surface area contributed by atoms with Crippen LogP contribution in [-0.4, -0.2) is 24.2 Å². The minimum Gasteiger partial charge on any atom is -0.486 e. The molecule has 0 saturated heterocycles. The first-order valence-corrected chi connectivity index (χ1v) is 8.38. The molecular formula is C16H18N2O2S. The molecule has 1 aliphatic carbocycles. The summed E-state index contributed by atoms with van der Waals surface area (Å²) in [6.45, 7) is 1.24. The topological polar surface area (TPSA) is 43.4 Å². The van der Waals surface area contributed by atoms with Crippen LogP contribution in [-0.2, 0) is 0 Å². The fourth-order valence-corrected chi connectivity index (χ4v) is 3.72. The second kappa shape index (κ2) is 5.56. The highest BCUT2D eigenvalue weighted by Gasteiger charge is 2.17. The molecule has 1 saturated carbocycles. The number of hydrogen-bond acceptors (Lipinski definition) is 5. The lowest BCUT2D eigenvalue weighted by molar-refractivity contribution is 0.171. The number of nitrogens with one attached hydrogen (secondary N) is 1. The van der Waals surface area contributed by atoms with Crippen molar-refractivity contribution in [2.24, 2.45) is 0 Å². The Hall–Kier alpha value is -1.75. The molecule has 1 aliphatic heterocycles. The van der Waals surface area contributed by atoms with Gasteiger partial charge in [-0.3, -0.25) is 0 Å². The predicted molar refractivity (Wildman–Crippen MR) is 84.4 cm³/mol. The molecule has 4 nitrogen and oxygen atoms in total. The molecule has 2 aromatic rings. The van der Waals surface area contributed by atoms with Crippen LogP contribution in [0.1, 0.15) is 25.7 Å². The van der Waals surface area contributed by atoms with Crippen LogP contribution in [0.3, 0.4) is 0 Å². The molecule has 110 valence electrons. The monoisotopic (exact) mass is 302 g/mol. The van der Waals surface area contributed by atoms with Gasteiger partial charge in [0.1, 0.15) is 13.2 Å². The molecule has 4 rings (SSSR count). The summed E-state index contributed by atoms with van der Waals surface area (Å²) < 4.78 is 11.2. The standard InChI is InChI=1S/C16H18N2O2S/c1-2-4-12(3-1)17-16-18-13(10-21-16)11-5-6-14-15(9-11)20-8-7-19-14/h5-6,9-10,12H,1-4,7-8H2,(H,17,18). The number of benzene rings is 1. The van der Waals surface area contributed by atoms with Crippen LogP contribution in [0, 0.1) is 0 Å². The largest absolute Gasteiger partial charge is 0.486 e. The Bertz CT molecular complexity index is 635. The van der Waals surface area contributed by atoms with Gasteiger partial charge in [-0.05, 0) is 31.0 Å². The number of aromatic nitrogens is 1. The maximum atomic E-state index is 5.64. The molecule has 5 heteroatoms. The van der Waals surface area contributed by atoms with Crippen LogP contribution < -0.4 is 14.8 Å². The van der Waals surface area contributed by atoms with E-state index in [0.29, 0.717) is 19.3 Å². The molecule has 0 spiro atoms. The van der Waals surface area contributed by atoms with Gasteiger partial charge in [-0.25, -0.2) is 4.98 Å². The minimum atomic E-state index is 0.601. The van der Waals surface area contributed by atoms with Crippen LogP contribution >= 0.6 is 11.3 Å². The maximum Gasteiger partial charge on any atom is 0.183 e. The van der Waals surface area contributed by atoms with Gasteiger partial charge in [0.25, 0.3) is 0 Å². The van der Waals surface area contributed by atoms with Gasteiger partial charge in [0.05, 0.1) is 5.69 Å². The summed E-state index contributed by atoms with van der Waals surface area (Å²) in [4.78, 5) is 4.70. The van der Waals surface area contributed by atoms with Crippen molar-refractivity contribution in [1.82, 2.24) is 4.98 Å². The van der Waals surface area contributed by atoms with Gasteiger partial charge in [-0.15, -0.1) is 11.3 Å². The van der Waals surface area contributed by atoms with Crippen molar-refractivity contribution in [2.45, 2.75) is 31.7 Å². The Morgan fingerprint density at radius 1 is 1.10 bits per heavy atom. The van der Waals surface area contributed by atoms with Gasteiger partial charge in [0.2, 0.25) is 0 Å². The summed E-state index contributed by atoms with van der Waals surface area (Å²) in [5.41, 5.74) is 2.08. The molecule has 0 radical (unpaired) electrons. The van der Waals surface area contributed by atoms with Crippen molar-refractivity contribution < 1.29 is 9.47 Å². The quantitative estimate of drug-likeness (QED) is 0.932. The molecule has 1 aromatic carbocycles. The molecule has 1 N–H and O–H groups in total. The number of hydrogen-bond donors (Lipinski definition) is 1.